The van der Waals surface area contributed by atoms with Crippen LogP contribution in [0.5, 0.6) is 0 Å². The fraction of sp³-hybridized carbons (Fsp3) is 0.556. The summed E-state index contributed by atoms with van der Waals surface area (Å²) >= 11 is 0. The summed E-state index contributed by atoms with van der Waals surface area (Å²) in [5.41, 5.74) is 3.00. The number of pyridine rings is 1. The van der Waals surface area contributed by atoms with Crippen molar-refractivity contribution in [3.05, 3.63) is 35.7 Å². The van der Waals surface area contributed by atoms with Crippen LogP contribution in [0.25, 0.3) is 0 Å². The third-order valence-electron chi connectivity index (χ3n) is 4.14. The summed E-state index contributed by atoms with van der Waals surface area (Å²) < 4.78 is 0. The van der Waals surface area contributed by atoms with Crippen LogP contribution in [0.3, 0.4) is 0 Å². The molecular weight excluding hydrogens is 274 g/mol. The highest BCUT2D eigenvalue weighted by Gasteiger charge is 2.09. The standard InChI is InChI=1S/C18H27N3O/c1-3-14(2)21-17-11-16(12-19-13-17)18(22)20-10-9-15-7-5-4-6-8-15/h7,11-14,21H,3-6,8-10H2,1-2H3,(H,20,22). The first kappa shape index (κ1) is 16.5. The number of nitrogens with one attached hydrogen (secondary N) is 2. The van der Waals surface area contributed by atoms with Gasteiger partial charge in [0.1, 0.15) is 0 Å². The Morgan fingerprint density at radius 1 is 1.36 bits per heavy atom. The molecule has 0 saturated heterocycles. The number of rotatable bonds is 7. The van der Waals surface area contributed by atoms with Gasteiger partial charge < -0.3 is 10.6 Å². The molecule has 0 radical (unpaired) electrons. The molecule has 0 spiro atoms. The minimum atomic E-state index is -0.0447. The second kappa shape index (κ2) is 8.57. The van der Waals surface area contributed by atoms with E-state index in [4.69, 9.17) is 0 Å². The summed E-state index contributed by atoms with van der Waals surface area (Å²) in [5, 5.41) is 6.34. The molecule has 2 rings (SSSR count). The van der Waals surface area contributed by atoms with Gasteiger partial charge in [-0.05, 0) is 51.5 Å². The third kappa shape index (κ3) is 5.17. The number of hydrogen-bond donors (Lipinski definition) is 2. The molecule has 22 heavy (non-hydrogen) atoms. The minimum Gasteiger partial charge on any atom is -0.381 e. The monoisotopic (exact) mass is 301 g/mol. The van der Waals surface area contributed by atoms with Crippen molar-refractivity contribution in [1.82, 2.24) is 10.3 Å². The zero-order chi connectivity index (χ0) is 15.8. The second-order valence-electron chi connectivity index (χ2n) is 6.03. The van der Waals surface area contributed by atoms with Gasteiger partial charge in [0.25, 0.3) is 5.91 Å². The molecule has 0 fully saturated rings. The molecule has 2 N–H and O–H groups in total. The molecule has 1 amide bonds. The van der Waals surface area contributed by atoms with Gasteiger partial charge in [-0.3, -0.25) is 9.78 Å². The van der Waals surface area contributed by atoms with Gasteiger partial charge in [-0.2, -0.15) is 0 Å². The number of nitrogens with zero attached hydrogens (tertiary/aromatic N) is 1. The molecule has 4 heteroatoms. The summed E-state index contributed by atoms with van der Waals surface area (Å²) in [5.74, 6) is -0.0447. The van der Waals surface area contributed by atoms with Gasteiger partial charge in [0.05, 0.1) is 11.3 Å². The van der Waals surface area contributed by atoms with Crippen LogP contribution in [0.4, 0.5) is 5.69 Å². The molecular formula is C18H27N3O. The van der Waals surface area contributed by atoms with Gasteiger partial charge in [-0.25, -0.2) is 0 Å². The highest BCUT2D eigenvalue weighted by molar-refractivity contribution is 5.94. The van der Waals surface area contributed by atoms with E-state index in [2.05, 4.69) is 35.5 Å². The Hall–Kier alpha value is -1.84. The maximum Gasteiger partial charge on any atom is 0.252 e. The Balaban J connectivity index is 1.83. The average molecular weight is 301 g/mol. The molecule has 120 valence electrons. The van der Waals surface area contributed by atoms with E-state index in [1.165, 1.54) is 31.3 Å². The summed E-state index contributed by atoms with van der Waals surface area (Å²) in [4.78, 5) is 16.4. The first-order chi connectivity index (χ1) is 10.7. The molecule has 0 aromatic carbocycles. The van der Waals surface area contributed by atoms with Gasteiger partial charge in [-0.1, -0.05) is 18.6 Å². The molecule has 1 aromatic rings. The molecule has 1 aromatic heterocycles. The van der Waals surface area contributed by atoms with Gasteiger partial charge >= 0.3 is 0 Å². The highest BCUT2D eigenvalue weighted by atomic mass is 16.1. The van der Waals surface area contributed by atoms with Crippen LogP contribution in [-0.2, 0) is 0 Å². The molecule has 0 bridgehead atoms. The zero-order valence-electron chi connectivity index (χ0n) is 13.7. The lowest BCUT2D eigenvalue weighted by Crippen LogP contribution is -2.25. The largest absolute Gasteiger partial charge is 0.381 e. The van der Waals surface area contributed by atoms with Crippen molar-refractivity contribution in [2.75, 3.05) is 11.9 Å². The number of carbonyl (C=O) groups is 1. The van der Waals surface area contributed by atoms with Crippen LogP contribution in [-0.4, -0.2) is 23.5 Å². The van der Waals surface area contributed by atoms with Crippen molar-refractivity contribution in [3.8, 4) is 0 Å². The summed E-state index contributed by atoms with van der Waals surface area (Å²) in [6.07, 6.45) is 12.7. The van der Waals surface area contributed by atoms with Crippen molar-refractivity contribution >= 4 is 11.6 Å². The molecule has 0 aliphatic heterocycles. The van der Waals surface area contributed by atoms with Crippen molar-refractivity contribution in [3.63, 3.8) is 0 Å². The topological polar surface area (TPSA) is 54.0 Å². The van der Waals surface area contributed by atoms with Crippen LogP contribution in [0.2, 0.25) is 0 Å². The number of carbonyl (C=O) groups excluding carboxylic acids is 1. The average Bonchev–Trinajstić information content (AvgIpc) is 2.56. The number of aromatic nitrogens is 1. The number of allylic oxidation sites excluding steroid dienone is 1. The van der Waals surface area contributed by atoms with E-state index < -0.39 is 0 Å². The van der Waals surface area contributed by atoms with E-state index in [0.29, 0.717) is 18.2 Å². The predicted molar refractivity (Wildman–Crippen MR) is 91.1 cm³/mol. The normalized spacial score (nSPS) is 15.8. The molecule has 1 aliphatic rings. The van der Waals surface area contributed by atoms with Crippen LogP contribution in [0.1, 0.15) is 62.7 Å². The molecule has 1 unspecified atom stereocenters. The van der Waals surface area contributed by atoms with Crippen molar-refractivity contribution in [2.45, 2.75) is 58.4 Å². The fourth-order valence-electron chi connectivity index (χ4n) is 2.60. The van der Waals surface area contributed by atoms with Crippen molar-refractivity contribution in [1.29, 1.82) is 0 Å². The lowest BCUT2D eigenvalue weighted by Gasteiger charge is -2.14. The van der Waals surface area contributed by atoms with E-state index in [1.54, 1.807) is 12.4 Å². The molecule has 1 aliphatic carbocycles. The Kier molecular flexibility index (Phi) is 6.44. The van der Waals surface area contributed by atoms with Crippen molar-refractivity contribution < 1.29 is 4.79 Å². The first-order valence-electron chi connectivity index (χ1n) is 8.36. The molecule has 4 nitrogen and oxygen atoms in total. The maximum atomic E-state index is 12.2. The van der Waals surface area contributed by atoms with E-state index in [-0.39, 0.29) is 5.91 Å². The fourth-order valence-corrected chi connectivity index (χ4v) is 2.60. The Morgan fingerprint density at radius 3 is 2.95 bits per heavy atom. The Morgan fingerprint density at radius 2 is 2.23 bits per heavy atom. The molecule has 1 heterocycles. The zero-order valence-corrected chi connectivity index (χ0v) is 13.7. The predicted octanol–water partition coefficient (Wildman–Crippen LogP) is 3.91. The van der Waals surface area contributed by atoms with Gasteiger partial charge in [0.15, 0.2) is 0 Å². The summed E-state index contributed by atoms with van der Waals surface area (Å²) in [6, 6.07) is 2.24. The SMILES string of the molecule is CCC(C)Nc1cncc(C(=O)NCCC2=CCCCC2)c1. The van der Waals surface area contributed by atoms with E-state index >= 15 is 0 Å². The maximum absolute atomic E-state index is 12.2. The van der Waals surface area contributed by atoms with Gasteiger partial charge in [-0.15, -0.1) is 0 Å². The number of anilines is 1. The highest BCUT2D eigenvalue weighted by Crippen LogP contribution is 2.19. The number of hydrogen-bond acceptors (Lipinski definition) is 3. The Labute approximate surface area is 133 Å². The summed E-state index contributed by atoms with van der Waals surface area (Å²) in [7, 11) is 0. The smallest absolute Gasteiger partial charge is 0.252 e. The first-order valence-corrected chi connectivity index (χ1v) is 8.36. The lowest BCUT2D eigenvalue weighted by molar-refractivity contribution is 0.0953. The second-order valence-corrected chi connectivity index (χ2v) is 6.03. The lowest BCUT2D eigenvalue weighted by atomic mass is 9.97. The number of amides is 1. The van der Waals surface area contributed by atoms with Gasteiger partial charge in [0.2, 0.25) is 0 Å². The molecule has 1 atom stereocenters. The van der Waals surface area contributed by atoms with E-state index in [0.717, 1.165) is 18.5 Å². The van der Waals surface area contributed by atoms with Crippen LogP contribution < -0.4 is 10.6 Å². The minimum absolute atomic E-state index is 0.0447. The Bertz CT molecular complexity index is 525. The van der Waals surface area contributed by atoms with Crippen LogP contribution in [0.15, 0.2) is 30.1 Å². The summed E-state index contributed by atoms with van der Waals surface area (Å²) in [6.45, 7) is 4.94. The van der Waals surface area contributed by atoms with Crippen LogP contribution >= 0.6 is 0 Å². The molecule has 0 saturated carbocycles. The van der Waals surface area contributed by atoms with Gasteiger partial charge in [0, 0.05) is 25.0 Å². The quantitative estimate of drug-likeness (QED) is 0.751. The van der Waals surface area contributed by atoms with Crippen LogP contribution in [0, 0.1) is 0 Å². The van der Waals surface area contributed by atoms with Crippen molar-refractivity contribution in [2.24, 2.45) is 0 Å². The van der Waals surface area contributed by atoms with E-state index in [1.807, 2.05) is 6.07 Å². The third-order valence-corrected chi connectivity index (χ3v) is 4.14. The van der Waals surface area contributed by atoms with E-state index in [9.17, 15) is 4.79 Å².